The Morgan fingerprint density at radius 2 is 2.24 bits per heavy atom. The molecule has 1 amide bonds. The summed E-state index contributed by atoms with van der Waals surface area (Å²) >= 11 is 0. The van der Waals surface area contributed by atoms with Gasteiger partial charge in [0.2, 0.25) is 0 Å². The van der Waals surface area contributed by atoms with E-state index in [1.165, 1.54) is 0 Å². The van der Waals surface area contributed by atoms with Crippen LogP contribution in [0.2, 0.25) is 0 Å². The van der Waals surface area contributed by atoms with Crippen molar-refractivity contribution < 1.29 is 9.53 Å². The van der Waals surface area contributed by atoms with Gasteiger partial charge < -0.3 is 15.8 Å². The van der Waals surface area contributed by atoms with Crippen LogP contribution < -0.4 is 15.8 Å². The van der Waals surface area contributed by atoms with Gasteiger partial charge in [-0.15, -0.1) is 0 Å². The average Bonchev–Trinajstić information content (AvgIpc) is 2.48. The number of nitrogen functional groups attached to an aromatic ring is 1. The van der Waals surface area contributed by atoms with Gasteiger partial charge in [0.05, 0.1) is 5.69 Å². The first-order valence-corrected chi connectivity index (χ1v) is 5.97. The number of benzene rings is 1. The van der Waals surface area contributed by atoms with E-state index in [4.69, 9.17) is 10.5 Å². The van der Waals surface area contributed by atoms with Crippen LogP contribution >= 0.6 is 0 Å². The van der Waals surface area contributed by atoms with E-state index in [9.17, 15) is 4.79 Å². The van der Waals surface area contributed by atoms with Gasteiger partial charge in [-0.3, -0.25) is 4.79 Å². The number of ether oxygens (including phenoxy) is 1. The lowest BCUT2D eigenvalue weighted by molar-refractivity contribution is -0.127. The Hall–Kier alpha value is -1.71. The van der Waals surface area contributed by atoms with E-state index >= 15 is 0 Å². The molecule has 1 aromatic rings. The topological polar surface area (TPSA) is 64.3 Å². The molecule has 1 aliphatic rings. The number of aryl methyl sites for hydroxylation is 1. The third kappa shape index (κ3) is 2.90. The first-order valence-electron chi connectivity index (χ1n) is 5.97. The second-order valence-corrected chi connectivity index (χ2v) is 4.43. The molecule has 92 valence electrons. The Balaban J connectivity index is 2.10. The van der Waals surface area contributed by atoms with Gasteiger partial charge in [0.15, 0.2) is 6.10 Å². The molecule has 1 atom stereocenters. The molecule has 1 heterocycles. The lowest BCUT2D eigenvalue weighted by Crippen LogP contribution is -2.36. The Kier molecular flexibility index (Phi) is 3.52. The smallest absolute Gasteiger partial charge is 0.261 e. The molecule has 0 bridgehead atoms. The number of amides is 1. The standard InChI is InChI=1S/C13H18N2O2/c1-9-5-6-11(10(14)8-9)17-12-4-2-3-7-15-13(12)16/h5-6,8,12H,2-4,7,14H2,1H3,(H,15,16). The predicted molar refractivity (Wildman–Crippen MR) is 66.9 cm³/mol. The number of nitrogens with two attached hydrogens (primary N) is 1. The summed E-state index contributed by atoms with van der Waals surface area (Å²) in [5.41, 5.74) is 7.54. The van der Waals surface area contributed by atoms with Gasteiger partial charge in [0.25, 0.3) is 5.91 Å². The van der Waals surface area contributed by atoms with E-state index in [2.05, 4.69) is 5.32 Å². The van der Waals surface area contributed by atoms with E-state index < -0.39 is 6.10 Å². The highest BCUT2D eigenvalue weighted by atomic mass is 16.5. The molecule has 3 N–H and O–H groups in total. The Morgan fingerprint density at radius 1 is 1.41 bits per heavy atom. The maximum absolute atomic E-state index is 11.7. The monoisotopic (exact) mass is 234 g/mol. The van der Waals surface area contributed by atoms with Crippen molar-refractivity contribution in [3.05, 3.63) is 23.8 Å². The maximum Gasteiger partial charge on any atom is 0.261 e. The van der Waals surface area contributed by atoms with Crippen LogP contribution in [-0.4, -0.2) is 18.6 Å². The van der Waals surface area contributed by atoms with Crippen LogP contribution in [0.3, 0.4) is 0 Å². The zero-order chi connectivity index (χ0) is 12.3. The number of hydrogen-bond donors (Lipinski definition) is 2. The quantitative estimate of drug-likeness (QED) is 0.764. The maximum atomic E-state index is 11.7. The average molecular weight is 234 g/mol. The summed E-state index contributed by atoms with van der Waals surface area (Å²) < 4.78 is 5.70. The molecule has 0 radical (unpaired) electrons. The minimum atomic E-state index is -0.414. The summed E-state index contributed by atoms with van der Waals surface area (Å²) in [7, 11) is 0. The molecule has 1 unspecified atom stereocenters. The van der Waals surface area contributed by atoms with Gasteiger partial charge in [-0.05, 0) is 43.9 Å². The van der Waals surface area contributed by atoms with Crippen molar-refractivity contribution in [2.24, 2.45) is 0 Å². The number of carbonyl (C=O) groups is 1. The van der Waals surface area contributed by atoms with Crippen molar-refractivity contribution >= 4 is 11.6 Å². The second kappa shape index (κ2) is 5.08. The van der Waals surface area contributed by atoms with Crippen LogP contribution in [0.15, 0.2) is 18.2 Å². The van der Waals surface area contributed by atoms with Crippen LogP contribution in [0, 0.1) is 6.92 Å². The molecule has 4 heteroatoms. The molecule has 0 spiro atoms. The minimum Gasteiger partial charge on any atom is -0.478 e. The number of hydrogen-bond acceptors (Lipinski definition) is 3. The molecule has 4 nitrogen and oxygen atoms in total. The van der Waals surface area contributed by atoms with Crippen LogP contribution in [-0.2, 0) is 4.79 Å². The number of nitrogens with one attached hydrogen (secondary N) is 1. The summed E-state index contributed by atoms with van der Waals surface area (Å²) in [5, 5.41) is 2.84. The van der Waals surface area contributed by atoms with Crippen LogP contribution in [0.4, 0.5) is 5.69 Å². The highest BCUT2D eigenvalue weighted by Gasteiger charge is 2.22. The first kappa shape index (κ1) is 11.8. The summed E-state index contributed by atoms with van der Waals surface area (Å²) in [4.78, 5) is 11.7. The Morgan fingerprint density at radius 3 is 3.00 bits per heavy atom. The van der Waals surface area contributed by atoms with Gasteiger partial charge in [-0.2, -0.15) is 0 Å². The predicted octanol–water partition coefficient (Wildman–Crippen LogP) is 1.62. The number of rotatable bonds is 2. The molecule has 17 heavy (non-hydrogen) atoms. The largest absolute Gasteiger partial charge is 0.478 e. The fourth-order valence-corrected chi connectivity index (χ4v) is 1.95. The zero-order valence-corrected chi connectivity index (χ0v) is 10.0. The normalized spacial score (nSPS) is 20.5. The lowest BCUT2D eigenvalue weighted by Gasteiger charge is -2.17. The molecule has 0 aromatic heterocycles. The SMILES string of the molecule is Cc1ccc(OC2CCCCNC2=O)c(N)c1. The summed E-state index contributed by atoms with van der Waals surface area (Å²) in [5.74, 6) is 0.556. The molecule has 1 aromatic carbocycles. The summed E-state index contributed by atoms with van der Waals surface area (Å²) in [6, 6.07) is 5.60. The Labute approximate surface area is 101 Å². The van der Waals surface area contributed by atoms with Crippen LogP contribution in [0.1, 0.15) is 24.8 Å². The number of carbonyl (C=O) groups excluding carboxylic acids is 1. The van der Waals surface area contributed by atoms with Crippen molar-refractivity contribution in [2.75, 3.05) is 12.3 Å². The Bertz CT molecular complexity index is 418. The van der Waals surface area contributed by atoms with Gasteiger partial charge in [-0.25, -0.2) is 0 Å². The van der Waals surface area contributed by atoms with Crippen molar-refractivity contribution in [3.63, 3.8) is 0 Å². The zero-order valence-electron chi connectivity index (χ0n) is 10.0. The molecule has 1 saturated heterocycles. The summed E-state index contributed by atoms with van der Waals surface area (Å²) in [6.07, 6.45) is 2.34. The molecule has 1 aliphatic heterocycles. The molecular weight excluding hydrogens is 216 g/mol. The van der Waals surface area contributed by atoms with Gasteiger partial charge in [0, 0.05) is 6.54 Å². The molecule has 1 fully saturated rings. The highest BCUT2D eigenvalue weighted by molar-refractivity contribution is 5.81. The van der Waals surface area contributed by atoms with Crippen molar-refractivity contribution in [3.8, 4) is 5.75 Å². The van der Waals surface area contributed by atoms with Crippen LogP contribution in [0.25, 0.3) is 0 Å². The van der Waals surface area contributed by atoms with E-state index in [1.807, 2.05) is 25.1 Å². The van der Waals surface area contributed by atoms with Gasteiger partial charge >= 0.3 is 0 Å². The number of anilines is 1. The molecule has 2 rings (SSSR count). The third-order valence-electron chi connectivity index (χ3n) is 2.92. The van der Waals surface area contributed by atoms with E-state index in [1.54, 1.807) is 0 Å². The first-order chi connectivity index (χ1) is 8.16. The molecular formula is C13H18N2O2. The van der Waals surface area contributed by atoms with Gasteiger partial charge in [-0.1, -0.05) is 6.07 Å². The van der Waals surface area contributed by atoms with Crippen LogP contribution in [0.5, 0.6) is 5.75 Å². The van der Waals surface area contributed by atoms with E-state index in [0.717, 1.165) is 31.4 Å². The van der Waals surface area contributed by atoms with Crippen molar-refractivity contribution in [1.29, 1.82) is 0 Å². The van der Waals surface area contributed by atoms with Gasteiger partial charge in [0.1, 0.15) is 5.75 Å². The van der Waals surface area contributed by atoms with Crippen molar-refractivity contribution in [1.82, 2.24) is 5.32 Å². The van der Waals surface area contributed by atoms with Crippen molar-refractivity contribution in [2.45, 2.75) is 32.3 Å². The highest BCUT2D eigenvalue weighted by Crippen LogP contribution is 2.24. The van der Waals surface area contributed by atoms with E-state index in [0.29, 0.717) is 11.4 Å². The summed E-state index contributed by atoms with van der Waals surface area (Å²) in [6.45, 7) is 2.71. The third-order valence-corrected chi connectivity index (χ3v) is 2.92. The molecule has 0 aliphatic carbocycles. The minimum absolute atomic E-state index is 0.0394. The lowest BCUT2D eigenvalue weighted by atomic mass is 10.1. The fourth-order valence-electron chi connectivity index (χ4n) is 1.95. The fraction of sp³-hybridized carbons (Fsp3) is 0.462. The second-order valence-electron chi connectivity index (χ2n) is 4.43. The molecule has 0 saturated carbocycles. The van der Waals surface area contributed by atoms with E-state index in [-0.39, 0.29) is 5.91 Å².